The summed E-state index contributed by atoms with van der Waals surface area (Å²) in [6, 6.07) is 0. The van der Waals surface area contributed by atoms with Crippen LogP contribution in [-0.2, 0) is 0 Å². The average molecular weight is 284 g/mol. The molecule has 1 aromatic rings. The van der Waals surface area contributed by atoms with E-state index in [4.69, 9.17) is 5.73 Å². The number of nitrogens with two attached hydrogens (primary N) is 1. The third-order valence-electron chi connectivity index (χ3n) is 3.08. The van der Waals surface area contributed by atoms with Gasteiger partial charge in [0.15, 0.2) is 0 Å². The van der Waals surface area contributed by atoms with Gasteiger partial charge in [-0.25, -0.2) is 4.98 Å². The molecule has 0 unspecified atom stereocenters. The van der Waals surface area contributed by atoms with Crippen LogP contribution in [0.25, 0.3) is 0 Å². The SMILES string of the molecule is Cc1c(N)cnc(NCCCC2CC2)c1Br. The lowest BCUT2D eigenvalue weighted by Crippen LogP contribution is -2.06. The van der Waals surface area contributed by atoms with Crippen LogP contribution in [0.2, 0.25) is 0 Å². The highest BCUT2D eigenvalue weighted by Gasteiger charge is 2.20. The fraction of sp³-hybridized carbons (Fsp3) is 0.583. The molecule has 0 spiro atoms. The summed E-state index contributed by atoms with van der Waals surface area (Å²) >= 11 is 3.52. The molecule has 0 amide bonds. The number of hydrogen-bond donors (Lipinski definition) is 2. The molecule has 1 saturated carbocycles. The van der Waals surface area contributed by atoms with Crippen molar-refractivity contribution in [2.75, 3.05) is 17.6 Å². The predicted octanol–water partition coefficient (Wildman–Crippen LogP) is 3.34. The molecular formula is C12H18BrN3. The highest BCUT2D eigenvalue weighted by Crippen LogP contribution is 2.33. The molecule has 0 aliphatic heterocycles. The Kier molecular flexibility index (Phi) is 3.69. The Balaban J connectivity index is 1.85. The molecule has 1 aromatic heterocycles. The minimum absolute atomic E-state index is 0.732. The average Bonchev–Trinajstić information content (AvgIpc) is 3.08. The largest absolute Gasteiger partial charge is 0.397 e. The Hall–Kier alpha value is -0.770. The fourth-order valence-corrected chi connectivity index (χ4v) is 2.19. The third kappa shape index (κ3) is 2.88. The van der Waals surface area contributed by atoms with Crippen LogP contribution in [0.1, 0.15) is 31.2 Å². The predicted molar refractivity (Wildman–Crippen MR) is 71.5 cm³/mol. The molecule has 3 N–H and O–H groups in total. The zero-order chi connectivity index (χ0) is 11.5. The number of rotatable bonds is 5. The molecule has 1 fully saturated rings. The first kappa shape index (κ1) is 11.7. The summed E-state index contributed by atoms with van der Waals surface area (Å²) in [6.07, 6.45) is 7.15. The van der Waals surface area contributed by atoms with Crippen molar-refractivity contribution in [1.82, 2.24) is 4.98 Å². The summed E-state index contributed by atoms with van der Waals surface area (Å²) in [6.45, 7) is 2.99. The van der Waals surface area contributed by atoms with Crippen LogP contribution >= 0.6 is 15.9 Å². The van der Waals surface area contributed by atoms with E-state index in [1.165, 1.54) is 25.7 Å². The standard InChI is InChI=1S/C12H18BrN3/c1-8-10(14)7-16-12(11(8)13)15-6-2-3-9-4-5-9/h7,9H,2-6,14H2,1H3,(H,15,16). The van der Waals surface area contributed by atoms with E-state index in [-0.39, 0.29) is 0 Å². The second-order valence-corrected chi connectivity index (χ2v) is 5.31. The van der Waals surface area contributed by atoms with Crippen molar-refractivity contribution in [3.8, 4) is 0 Å². The first-order chi connectivity index (χ1) is 7.68. The van der Waals surface area contributed by atoms with E-state index in [1.807, 2.05) is 6.92 Å². The number of anilines is 2. The number of nitrogens with zero attached hydrogens (tertiary/aromatic N) is 1. The molecule has 0 atom stereocenters. The van der Waals surface area contributed by atoms with Gasteiger partial charge in [-0.1, -0.05) is 12.8 Å². The van der Waals surface area contributed by atoms with E-state index >= 15 is 0 Å². The fourth-order valence-electron chi connectivity index (χ4n) is 1.72. The topological polar surface area (TPSA) is 50.9 Å². The summed E-state index contributed by atoms with van der Waals surface area (Å²) in [5.41, 5.74) is 7.56. The lowest BCUT2D eigenvalue weighted by atomic mass is 10.2. The third-order valence-corrected chi connectivity index (χ3v) is 4.05. The second kappa shape index (κ2) is 5.04. The van der Waals surface area contributed by atoms with Crippen molar-refractivity contribution in [3.63, 3.8) is 0 Å². The van der Waals surface area contributed by atoms with Crippen LogP contribution in [0, 0.1) is 12.8 Å². The van der Waals surface area contributed by atoms with E-state index in [2.05, 4.69) is 26.2 Å². The van der Waals surface area contributed by atoms with Crippen molar-refractivity contribution >= 4 is 27.4 Å². The molecule has 0 saturated heterocycles. The minimum Gasteiger partial charge on any atom is -0.397 e. The molecule has 0 bridgehead atoms. The van der Waals surface area contributed by atoms with Gasteiger partial charge < -0.3 is 11.1 Å². The number of pyridine rings is 1. The Morgan fingerprint density at radius 1 is 1.56 bits per heavy atom. The zero-order valence-corrected chi connectivity index (χ0v) is 11.2. The lowest BCUT2D eigenvalue weighted by molar-refractivity contribution is 0.686. The van der Waals surface area contributed by atoms with Gasteiger partial charge in [0.1, 0.15) is 5.82 Å². The van der Waals surface area contributed by atoms with Gasteiger partial charge in [-0.05, 0) is 47.2 Å². The Labute approximate surface area is 105 Å². The van der Waals surface area contributed by atoms with Gasteiger partial charge in [0.05, 0.1) is 16.4 Å². The number of halogens is 1. The van der Waals surface area contributed by atoms with Gasteiger partial charge in [-0.15, -0.1) is 0 Å². The summed E-state index contributed by atoms with van der Waals surface area (Å²) in [7, 11) is 0. The molecular weight excluding hydrogens is 266 g/mol. The van der Waals surface area contributed by atoms with Gasteiger partial charge in [0.2, 0.25) is 0 Å². The van der Waals surface area contributed by atoms with Crippen LogP contribution in [0.15, 0.2) is 10.7 Å². The summed E-state index contributed by atoms with van der Waals surface area (Å²) < 4.78 is 0.985. The van der Waals surface area contributed by atoms with Gasteiger partial charge in [-0.2, -0.15) is 0 Å². The molecule has 0 aromatic carbocycles. The Bertz CT molecular complexity index is 375. The summed E-state index contributed by atoms with van der Waals surface area (Å²) in [4.78, 5) is 4.29. The Morgan fingerprint density at radius 2 is 2.31 bits per heavy atom. The molecule has 4 heteroatoms. The van der Waals surface area contributed by atoms with Crippen LogP contribution in [0.5, 0.6) is 0 Å². The van der Waals surface area contributed by atoms with E-state index in [9.17, 15) is 0 Å². The number of nitrogen functional groups attached to an aromatic ring is 1. The molecule has 88 valence electrons. The summed E-state index contributed by atoms with van der Waals surface area (Å²) in [5, 5.41) is 3.35. The maximum atomic E-state index is 5.77. The highest BCUT2D eigenvalue weighted by molar-refractivity contribution is 9.10. The molecule has 0 radical (unpaired) electrons. The quantitative estimate of drug-likeness (QED) is 0.815. The maximum absolute atomic E-state index is 5.77. The van der Waals surface area contributed by atoms with Crippen molar-refractivity contribution < 1.29 is 0 Å². The van der Waals surface area contributed by atoms with Crippen molar-refractivity contribution in [2.24, 2.45) is 5.92 Å². The van der Waals surface area contributed by atoms with Gasteiger partial charge in [-0.3, -0.25) is 0 Å². The van der Waals surface area contributed by atoms with Gasteiger partial charge in [0, 0.05) is 6.54 Å². The maximum Gasteiger partial charge on any atom is 0.140 e. The van der Waals surface area contributed by atoms with E-state index in [1.54, 1.807) is 6.20 Å². The van der Waals surface area contributed by atoms with Crippen LogP contribution < -0.4 is 11.1 Å². The van der Waals surface area contributed by atoms with Gasteiger partial charge >= 0.3 is 0 Å². The number of aromatic nitrogens is 1. The highest BCUT2D eigenvalue weighted by atomic mass is 79.9. The van der Waals surface area contributed by atoms with Gasteiger partial charge in [0.25, 0.3) is 0 Å². The van der Waals surface area contributed by atoms with E-state index < -0.39 is 0 Å². The lowest BCUT2D eigenvalue weighted by Gasteiger charge is -2.10. The molecule has 1 aliphatic rings. The normalized spacial score (nSPS) is 15.1. The molecule has 1 aliphatic carbocycles. The van der Waals surface area contributed by atoms with Crippen molar-refractivity contribution in [1.29, 1.82) is 0 Å². The molecule has 16 heavy (non-hydrogen) atoms. The first-order valence-electron chi connectivity index (χ1n) is 5.83. The monoisotopic (exact) mass is 283 g/mol. The van der Waals surface area contributed by atoms with E-state index in [0.717, 1.165) is 34.0 Å². The second-order valence-electron chi connectivity index (χ2n) is 4.51. The molecule has 2 rings (SSSR count). The number of nitrogens with one attached hydrogen (secondary N) is 1. The summed E-state index contributed by atoms with van der Waals surface area (Å²) in [5.74, 6) is 1.91. The minimum atomic E-state index is 0.732. The van der Waals surface area contributed by atoms with Crippen LogP contribution in [0.4, 0.5) is 11.5 Å². The van der Waals surface area contributed by atoms with Crippen molar-refractivity contribution in [3.05, 3.63) is 16.2 Å². The molecule has 3 nitrogen and oxygen atoms in total. The zero-order valence-electron chi connectivity index (χ0n) is 9.59. The first-order valence-corrected chi connectivity index (χ1v) is 6.62. The number of hydrogen-bond acceptors (Lipinski definition) is 3. The smallest absolute Gasteiger partial charge is 0.140 e. The van der Waals surface area contributed by atoms with E-state index in [0.29, 0.717) is 0 Å². The van der Waals surface area contributed by atoms with Crippen LogP contribution in [-0.4, -0.2) is 11.5 Å². The van der Waals surface area contributed by atoms with Crippen LogP contribution in [0.3, 0.4) is 0 Å². The molecule has 1 heterocycles. The Morgan fingerprint density at radius 3 is 3.00 bits per heavy atom. The van der Waals surface area contributed by atoms with Crippen molar-refractivity contribution in [2.45, 2.75) is 32.6 Å².